The highest BCUT2D eigenvalue weighted by molar-refractivity contribution is 5.99. The van der Waals surface area contributed by atoms with Crippen LogP contribution in [-0.4, -0.2) is 84.8 Å². The smallest absolute Gasteiger partial charge is 0.416 e. The minimum Gasteiger partial charge on any atom is -0.445 e. The number of likely N-dealkylation sites (N-methyl/N-ethyl adjacent to an activating group) is 1. The third-order valence-electron chi connectivity index (χ3n) is 9.37. The van der Waals surface area contributed by atoms with Crippen molar-refractivity contribution in [2.75, 3.05) is 25.5 Å². The van der Waals surface area contributed by atoms with Gasteiger partial charge in [-0.15, -0.1) is 0 Å². The average molecular weight is 891 g/mol. The fourth-order valence-electron chi connectivity index (χ4n) is 5.98. The number of rotatable bonds is 19. The number of hydrogen-bond donors (Lipinski definition) is 5. The van der Waals surface area contributed by atoms with Crippen molar-refractivity contribution >= 4 is 41.7 Å². The summed E-state index contributed by atoms with van der Waals surface area (Å²) in [5.41, 5.74) is 0.0244. The first kappa shape index (κ1) is 49.5. The molecule has 0 aliphatic carbocycles. The first-order valence-corrected chi connectivity index (χ1v) is 20.3. The number of aryl methyl sites for hydroxylation is 1. The van der Waals surface area contributed by atoms with Crippen LogP contribution in [0.3, 0.4) is 0 Å². The van der Waals surface area contributed by atoms with Crippen molar-refractivity contribution in [1.82, 2.24) is 26.2 Å². The second-order valence-electron chi connectivity index (χ2n) is 15.6. The lowest BCUT2D eigenvalue weighted by molar-refractivity contribution is -0.137. The van der Waals surface area contributed by atoms with Crippen molar-refractivity contribution in [3.05, 3.63) is 138 Å². The molecular formula is C46H53F3N6O9. The van der Waals surface area contributed by atoms with Gasteiger partial charge < -0.3 is 45.7 Å². The molecule has 0 aromatic heterocycles. The number of carbonyl (C=O) groups is 6. The van der Waals surface area contributed by atoms with Crippen LogP contribution < -0.4 is 26.6 Å². The molecule has 0 unspecified atom stereocenters. The average Bonchev–Trinajstić information content (AvgIpc) is 3.26. The summed E-state index contributed by atoms with van der Waals surface area (Å²) in [5, 5.41) is 12.6. The molecule has 0 aliphatic rings. The van der Waals surface area contributed by atoms with Gasteiger partial charge in [0, 0.05) is 25.8 Å². The number of amides is 6. The molecule has 0 heterocycles. The van der Waals surface area contributed by atoms with Crippen LogP contribution in [-0.2, 0) is 54.4 Å². The van der Waals surface area contributed by atoms with Crippen molar-refractivity contribution < 1.29 is 56.1 Å². The number of nitrogens with zero attached hydrogens (tertiary/aromatic N) is 1. The Morgan fingerprint density at radius 1 is 0.625 bits per heavy atom. The van der Waals surface area contributed by atoms with Gasteiger partial charge in [0.2, 0.25) is 17.7 Å². The lowest BCUT2D eigenvalue weighted by Crippen LogP contribution is -2.56. The fraction of sp³-hybridized carbons (Fsp3) is 0.348. The molecule has 5 N–H and O–H groups in total. The van der Waals surface area contributed by atoms with Crippen molar-refractivity contribution in [1.29, 1.82) is 0 Å². The predicted octanol–water partition coefficient (Wildman–Crippen LogP) is 6.72. The van der Waals surface area contributed by atoms with Gasteiger partial charge in [0.1, 0.15) is 30.9 Å². The topological polar surface area (TPSA) is 193 Å². The van der Waals surface area contributed by atoms with Crippen LogP contribution in [0.4, 0.5) is 33.2 Å². The normalized spacial score (nSPS) is 12.2. The van der Waals surface area contributed by atoms with E-state index in [0.29, 0.717) is 0 Å². The van der Waals surface area contributed by atoms with Crippen molar-refractivity contribution in [2.45, 2.75) is 83.2 Å². The number of alkyl halides is 3. The Morgan fingerprint density at radius 3 is 1.64 bits per heavy atom. The molecule has 18 heteroatoms. The van der Waals surface area contributed by atoms with Crippen molar-refractivity contribution in [3.8, 4) is 0 Å². The molecule has 4 rings (SSSR count). The molecule has 0 fully saturated rings. The Kier molecular flexibility index (Phi) is 18.5. The summed E-state index contributed by atoms with van der Waals surface area (Å²) in [6.07, 6.45) is -7.91. The molecule has 2 atom stereocenters. The molecule has 0 radical (unpaired) electrons. The summed E-state index contributed by atoms with van der Waals surface area (Å²) < 4.78 is 56.5. The predicted molar refractivity (Wildman–Crippen MR) is 230 cm³/mol. The lowest BCUT2D eigenvalue weighted by atomic mass is 10.0. The highest BCUT2D eigenvalue weighted by atomic mass is 19.4. The molecule has 0 aliphatic heterocycles. The quantitative estimate of drug-likeness (QED) is 0.0636. The molecular weight excluding hydrogens is 838 g/mol. The Balaban J connectivity index is 1.54. The van der Waals surface area contributed by atoms with E-state index in [9.17, 15) is 41.9 Å². The highest BCUT2D eigenvalue weighted by Gasteiger charge is 2.34. The molecule has 6 amide bonds. The summed E-state index contributed by atoms with van der Waals surface area (Å²) in [5.74, 6) is -2.61. The van der Waals surface area contributed by atoms with Crippen LogP contribution in [0, 0.1) is 0 Å². The van der Waals surface area contributed by atoms with Gasteiger partial charge in [0.15, 0.2) is 0 Å². The zero-order valence-electron chi connectivity index (χ0n) is 35.9. The molecule has 0 saturated carbocycles. The van der Waals surface area contributed by atoms with Crippen LogP contribution in [0.15, 0.2) is 115 Å². The number of anilines is 1. The summed E-state index contributed by atoms with van der Waals surface area (Å²) in [4.78, 5) is 81.6. The number of carbonyl (C=O) groups excluding carboxylic acids is 6. The molecule has 0 spiro atoms. The van der Waals surface area contributed by atoms with Gasteiger partial charge in [0.25, 0.3) is 0 Å². The van der Waals surface area contributed by atoms with Gasteiger partial charge >= 0.3 is 24.5 Å². The Hall–Kier alpha value is -7.11. The van der Waals surface area contributed by atoms with Crippen LogP contribution in [0.2, 0.25) is 0 Å². The van der Waals surface area contributed by atoms with E-state index in [2.05, 4.69) is 26.6 Å². The van der Waals surface area contributed by atoms with Gasteiger partial charge in [-0.25, -0.2) is 14.4 Å². The number of benzene rings is 4. The minimum absolute atomic E-state index is 0.0340. The Bertz CT molecular complexity index is 2100. The second kappa shape index (κ2) is 23.9. The number of halogens is 3. The maximum absolute atomic E-state index is 14.1. The number of nitrogens with one attached hydrogen (secondary N) is 5. The van der Waals surface area contributed by atoms with Crippen LogP contribution >= 0.6 is 0 Å². The molecule has 64 heavy (non-hydrogen) atoms. The largest absolute Gasteiger partial charge is 0.445 e. The van der Waals surface area contributed by atoms with E-state index in [1.54, 1.807) is 99.6 Å². The molecule has 4 aromatic carbocycles. The van der Waals surface area contributed by atoms with Gasteiger partial charge in [0.05, 0.1) is 18.0 Å². The summed E-state index contributed by atoms with van der Waals surface area (Å²) >= 11 is 0. The molecule has 342 valence electrons. The van der Waals surface area contributed by atoms with Gasteiger partial charge in [-0.05, 0) is 68.5 Å². The second-order valence-corrected chi connectivity index (χ2v) is 15.6. The third kappa shape index (κ3) is 17.7. The number of ether oxygens (including phenoxy) is 3. The van der Waals surface area contributed by atoms with E-state index in [4.69, 9.17) is 14.2 Å². The molecule has 4 aromatic rings. The summed E-state index contributed by atoms with van der Waals surface area (Å²) in [7, 11) is 1.36. The van der Waals surface area contributed by atoms with E-state index >= 15 is 0 Å². The van der Waals surface area contributed by atoms with Crippen LogP contribution in [0.1, 0.15) is 55.9 Å². The molecule has 0 bridgehead atoms. The highest BCUT2D eigenvalue weighted by Crippen LogP contribution is 2.30. The monoisotopic (exact) mass is 890 g/mol. The maximum Gasteiger partial charge on any atom is 0.416 e. The molecule has 0 saturated heterocycles. The van der Waals surface area contributed by atoms with E-state index in [0.717, 1.165) is 39.8 Å². The third-order valence-corrected chi connectivity index (χ3v) is 9.37. The minimum atomic E-state index is -4.69. The first-order valence-electron chi connectivity index (χ1n) is 20.3. The Morgan fingerprint density at radius 2 is 1.14 bits per heavy atom. The van der Waals surface area contributed by atoms with Gasteiger partial charge in [-0.2, -0.15) is 13.2 Å². The van der Waals surface area contributed by atoms with E-state index < -0.39 is 77.9 Å². The number of alkyl carbamates (subject to hydrolysis) is 3. The SMILES string of the molecule is CN(C(=O)C[C@H](NC(=O)OC(C)(C)C)C(=O)N[C@@H](CCc1ccccc1)C(=O)Nc1cccc(C(F)(F)F)c1)C(CNC(=O)OCc1ccccc1)CNC(=O)OCc1ccccc1. The summed E-state index contributed by atoms with van der Waals surface area (Å²) in [6.45, 7) is 4.15. The van der Waals surface area contributed by atoms with E-state index in [1.807, 2.05) is 12.1 Å². The van der Waals surface area contributed by atoms with Crippen LogP contribution in [0.5, 0.6) is 0 Å². The van der Waals surface area contributed by atoms with Crippen molar-refractivity contribution in [3.63, 3.8) is 0 Å². The zero-order chi connectivity index (χ0) is 46.7. The number of hydrogen-bond acceptors (Lipinski definition) is 9. The van der Waals surface area contributed by atoms with Gasteiger partial charge in [-0.3, -0.25) is 14.4 Å². The summed E-state index contributed by atoms with van der Waals surface area (Å²) in [6, 6.07) is 26.7. The lowest BCUT2D eigenvalue weighted by Gasteiger charge is -2.30. The van der Waals surface area contributed by atoms with Crippen molar-refractivity contribution in [2.24, 2.45) is 0 Å². The van der Waals surface area contributed by atoms with Crippen LogP contribution in [0.25, 0.3) is 0 Å². The fourth-order valence-corrected chi connectivity index (χ4v) is 5.98. The zero-order valence-corrected chi connectivity index (χ0v) is 35.9. The Labute approximate surface area is 369 Å². The maximum atomic E-state index is 14.1. The van der Waals surface area contributed by atoms with E-state index in [-0.39, 0.29) is 44.8 Å². The molecule has 15 nitrogen and oxygen atoms in total. The first-order chi connectivity index (χ1) is 30.4. The van der Waals surface area contributed by atoms with Gasteiger partial charge in [-0.1, -0.05) is 97.1 Å². The van der Waals surface area contributed by atoms with E-state index in [1.165, 1.54) is 13.1 Å². The standard InChI is InChI=1S/C46H53F3N6O9/c1-45(2,3)64-44(61)54-38(41(58)53-37(24-23-31-15-8-5-9-16-31)40(57)52-35-22-14-21-34(25-35)46(47,48)49)26-39(56)55(4)36(27-50-42(59)62-29-32-17-10-6-11-18-32)28-51-43(60)63-30-33-19-12-7-13-20-33/h5-22,25,36-38H,23-24,26-30H2,1-4H3,(H,50,59)(H,51,60)(H,52,57)(H,53,58)(H,54,61)/t37-,38-/m0/s1.